The molecule has 0 amide bonds. The van der Waals surface area contributed by atoms with Gasteiger partial charge < -0.3 is 5.32 Å². The highest BCUT2D eigenvalue weighted by molar-refractivity contribution is 9.10. The second-order valence-corrected chi connectivity index (χ2v) is 4.63. The number of nitrogens with zero attached hydrogens (tertiary/aromatic N) is 1. The van der Waals surface area contributed by atoms with E-state index in [0.29, 0.717) is 4.47 Å². The maximum absolute atomic E-state index is 13.0. The summed E-state index contributed by atoms with van der Waals surface area (Å²) in [4.78, 5) is 4.33. The zero-order chi connectivity index (χ0) is 10.8. The molecule has 1 aromatic heterocycles. The van der Waals surface area contributed by atoms with Gasteiger partial charge in [-0.05, 0) is 34.1 Å². The van der Waals surface area contributed by atoms with E-state index in [9.17, 15) is 4.39 Å². The summed E-state index contributed by atoms with van der Waals surface area (Å²) in [6.45, 7) is 0. The Kier molecular flexibility index (Phi) is 3.02. The first-order valence-corrected chi connectivity index (χ1v) is 5.96. The van der Waals surface area contributed by atoms with Crippen LogP contribution in [-0.2, 0) is 0 Å². The molecule has 0 radical (unpaired) electrons. The Labute approximate surface area is 99.3 Å². The lowest BCUT2D eigenvalue weighted by Gasteiger charge is -1.98. The molecule has 0 bridgehead atoms. The number of anilines is 1. The van der Waals surface area contributed by atoms with E-state index >= 15 is 0 Å². The second-order valence-electron chi connectivity index (χ2n) is 2.92. The van der Waals surface area contributed by atoms with Crippen LogP contribution in [0.4, 0.5) is 9.52 Å². The highest BCUT2D eigenvalue weighted by atomic mass is 79.9. The van der Waals surface area contributed by atoms with Crippen LogP contribution in [0.1, 0.15) is 0 Å². The van der Waals surface area contributed by atoms with Crippen LogP contribution in [0.3, 0.4) is 0 Å². The summed E-state index contributed by atoms with van der Waals surface area (Å²) in [6.07, 6.45) is 0. The van der Waals surface area contributed by atoms with Crippen molar-refractivity contribution in [3.05, 3.63) is 33.9 Å². The predicted octanol–water partition coefficient (Wildman–Crippen LogP) is 3.75. The average molecular weight is 287 g/mol. The van der Waals surface area contributed by atoms with Crippen LogP contribution in [0.2, 0.25) is 0 Å². The normalized spacial score (nSPS) is 10.3. The van der Waals surface area contributed by atoms with Crippen LogP contribution in [0.5, 0.6) is 0 Å². The van der Waals surface area contributed by atoms with Gasteiger partial charge in [0.05, 0.1) is 10.2 Å². The van der Waals surface area contributed by atoms with E-state index < -0.39 is 0 Å². The van der Waals surface area contributed by atoms with Crippen molar-refractivity contribution in [3.8, 4) is 11.3 Å². The molecule has 1 N–H and O–H groups in total. The van der Waals surface area contributed by atoms with E-state index in [0.717, 1.165) is 16.4 Å². The number of aromatic nitrogens is 1. The number of halogens is 2. The molecule has 2 aromatic rings. The lowest BCUT2D eigenvalue weighted by Crippen LogP contribution is -1.86. The van der Waals surface area contributed by atoms with Crippen molar-refractivity contribution in [3.63, 3.8) is 0 Å². The maximum atomic E-state index is 13.0. The minimum atomic E-state index is -0.261. The standard InChI is InChI=1S/C10H8BrFN2S/c1-13-10-14-9(5-15-10)6-2-3-8(12)7(11)4-6/h2-5H,1H3,(H,13,14). The summed E-state index contributed by atoms with van der Waals surface area (Å²) < 4.78 is 13.5. The van der Waals surface area contributed by atoms with E-state index in [1.807, 2.05) is 12.4 Å². The lowest BCUT2D eigenvalue weighted by molar-refractivity contribution is 0.621. The molecule has 0 saturated heterocycles. The fourth-order valence-electron chi connectivity index (χ4n) is 1.18. The maximum Gasteiger partial charge on any atom is 0.182 e. The van der Waals surface area contributed by atoms with E-state index in [-0.39, 0.29) is 5.82 Å². The fourth-order valence-corrected chi connectivity index (χ4v) is 2.24. The van der Waals surface area contributed by atoms with Crippen LogP contribution in [0, 0.1) is 5.82 Å². The quantitative estimate of drug-likeness (QED) is 0.909. The smallest absolute Gasteiger partial charge is 0.182 e. The van der Waals surface area contributed by atoms with Gasteiger partial charge in [0.25, 0.3) is 0 Å². The molecule has 78 valence electrons. The Bertz CT molecular complexity index is 484. The first kappa shape index (κ1) is 10.6. The molecule has 1 aromatic carbocycles. The summed E-state index contributed by atoms with van der Waals surface area (Å²) in [5.74, 6) is -0.261. The third-order valence-corrected chi connectivity index (χ3v) is 3.40. The van der Waals surface area contributed by atoms with Gasteiger partial charge in [-0.3, -0.25) is 0 Å². The van der Waals surface area contributed by atoms with Gasteiger partial charge in [0.1, 0.15) is 5.82 Å². The van der Waals surface area contributed by atoms with Crippen LogP contribution < -0.4 is 5.32 Å². The minimum absolute atomic E-state index is 0.261. The Morgan fingerprint density at radius 2 is 2.27 bits per heavy atom. The number of benzene rings is 1. The number of hydrogen-bond acceptors (Lipinski definition) is 3. The molecule has 0 unspecified atom stereocenters. The van der Waals surface area contributed by atoms with Crippen molar-refractivity contribution in [2.75, 3.05) is 12.4 Å². The van der Waals surface area contributed by atoms with Crippen molar-refractivity contribution < 1.29 is 4.39 Å². The molecule has 0 spiro atoms. The molecule has 5 heteroatoms. The Morgan fingerprint density at radius 3 is 2.87 bits per heavy atom. The predicted molar refractivity (Wildman–Crippen MR) is 64.8 cm³/mol. The highest BCUT2D eigenvalue weighted by Crippen LogP contribution is 2.27. The fraction of sp³-hybridized carbons (Fsp3) is 0.100. The third kappa shape index (κ3) is 2.18. The van der Waals surface area contributed by atoms with Crippen molar-refractivity contribution in [2.24, 2.45) is 0 Å². The van der Waals surface area contributed by atoms with Crippen LogP contribution >= 0.6 is 27.3 Å². The average Bonchev–Trinajstić information content (AvgIpc) is 2.70. The van der Waals surface area contributed by atoms with Gasteiger partial charge in [-0.2, -0.15) is 0 Å². The monoisotopic (exact) mass is 286 g/mol. The highest BCUT2D eigenvalue weighted by Gasteiger charge is 2.06. The van der Waals surface area contributed by atoms with Gasteiger partial charge >= 0.3 is 0 Å². The van der Waals surface area contributed by atoms with Crippen molar-refractivity contribution >= 4 is 32.4 Å². The molecule has 15 heavy (non-hydrogen) atoms. The summed E-state index contributed by atoms with van der Waals surface area (Å²) in [6, 6.07) is 4.87. The van der Waals surface area contributed by atoms with E-state index in [2.05, 4.69) is 26.2 Å². The van der Waals surface area contributed by atoms with E-state index in [1.165, 1.54) is 17.4 Å². The third-order valence-electron chi connectivity index (χ3n) is 1.93. The van der Waals surface area contributed by atoms with Gasteiger partial charge in [0.15, 0.2) is 5.13 Å². The van der Waals surface area contributed by atoms with Gasteiger partial charge in [0, 0.05) is 18.0 Å². The molecule has 0 fully saturated rings. The zero-order valence-corrected chi connectivity index (χ0v) is 10.3. The molecule has 0 saturated carbocycles. The minimum Gasteiger partial charge on any atom is -0.365 e. The van der Waals surface area contributed by atoms with Crippen LogP contribution in [0.25, 0.3) is 11.3 Å². The SMILES string of the molecule is CNc1nc(-c2ccc(F)c(Br)c2)cs1. The zero-order valence-electron chi connectivity index (χ0n) is 7.92. The Balaban J connectivity index is 2.40. The summed E-state index contributed by atoms with van der Waals surface area (Å²) in [5.41, 5.74) is 1.76. The Hall–Kier alpha value is -0.940. The first-order chi connectivity index (χ1) is 7.20. The summed E-state index contributed by atoms with van der Waals surface area (Å²) >= 11 is 4.68. The van der Waals surface area contributed by atoms with E-state index in [1.54, 1.807) is 12.1 Å². The topological polar surface area (TPSA) is 24.9 Å². The van der Waals surface area contributed by atoms with E-state index in [4.69, 9.17) is 0 Å². The number of rotatable bonds is 2. The van der Waals surface area contributed by atoms with Gasteiger partial charge in [0.2, 0.25) is 0 Å². The largest absolute Gasteiger partial charge is 0.365 e. The molecule has 0 aliphatic carbocycles. The molecule has 2 rings (SSSR count). The van der Waals surface area contributed by atoms with Gasteiger partial charge in [-0.25, -0.2) is 9.37 Å². The number of thiazole rings is 1. The first-order valence-electron chi connectivity index (χ1n) is 4.29. The molecular weight excluding hydrogens is 279 g/mol. The molecule has 1 heterocycles. The van der Waals surface area contributed by atoms with Crippen molar-refractivity contribution in [2.45, 2.75) is 0 Å². The number of hydrogen-bond donors (Lipinski definition) is 1. The summed E-state index contributed by atoms with van der Waals surface area (Å²) in [7, 11) is 1.82. The second kappa shape index (κ2) is 4.28. The van der Waals surface area contributed by atoms with Crippen LogP contribution in [0.15, 0.2) is 28.1 Å². The number of nitrogens with one attached hydrogen (secondary N) is 1. The molecular formula is C10H8BrFN2S. The van der Waals surface area contributed by atoms with Crippen molar-refractivity contribution in [1.29, 1.82) is 0 Å². The lowest BCUT2D eigenvalue weighted by atomic mass is 10.2. The summed E-state index contributed by atoms with van der Waals surface area (Å²) in [5, 5.41) is 5.75. The molecule has 0 atom stereocenters. The molecule has 2 nitrogen and oxygen atoms in total. The molecule has 0 aliphatic rings. The Morgan fingerprint density at radius 1 is 1.47 bits per heavy atom. The van der Waals surface area contributed by atoms with Gasteiger partial charge in [-0.1, -0.05) is 0 Å². The molecule has 0 aliphatic heterocycles. The van der Waals surface area contributed by atoms with Crippen LogP contribution in [-0.4, -0.2) is 12.0 Å². The van der Waals surface area contributed by atoms with Crippen molar-refractivity contribution in [1.82, 2.24) is 4.98 Å². The van der Waals surface area contributed by atoms with Gasteiger partial charge in [-0.15, -0.1) is 11.3 Å².